The number of amides is 7. The van der Waals surface area contributed by atoms with Crippen LogP contribution in [-0.2, 0) is 30.5 Å². The fraction of sp³-hybridized carbons (Fsp3) is 0.340. The number of phenols is 1. The Balaban J connectivity index is 1.01. The van der Waals surface area contributed by atoms with Gasteiger partial charge in [0.1, 0.15) is 29.1 Å². The number of carbonyl (C=O) groups is 7. The van der Waals surface area contributed by atoms with Crippen molar-refractivity contribution in [1.82, 2.24) is 30.3 Å². The number of piperidine rings is 1. The molecular formula is C50H53F2N9O8. The van der Waals surface area contributed by atoms with Gasteiger partial charge in [0.15, 0.2) is 11.6 Å². The van der Waals surface area contributed by atoms with Crippen molar-refractivity contribution < 1.29 is 47.4 Å². The number of aliphatic imine (C=N–C) groups is 1. The Morgan fingerprint density at radius 2 is 1.72 bits per heavy atom. The minimum Gasteiger partial charge on any atom is -0.507 e. The Morgan fingerprint density at radius 1 is 0.986 bits per heavy atom. The van der Waals surface area contributed by atoms with E-state index in [1.54, 1.807) is 43.0 Å². The maximum atomic E-state index is 16.3. The molecule has 2 saturated heterocycles. The number of imide groups is 2. The maximum absolute atomic E-state index is 16.3. The van der Waals surface area contributed by atoms with Crippen LogP contribution >= 0.6 is 0 Å². The Hall–Kier alpha value is -7.83. The topological polar surface area (TPSA) is 214 Å². The number of carbonyl (C=O) groups excluding carboxylic acids is 7. The molecule has 2 atom stereocenters. The maximum Gasteiger partial charge on any atom is 0.264 e. The SMILES string of the molecule is C=CC(=O)N1CCN(C(=NC)c2cc(F)c(-c3c(O)cccc3F)nc2N(C=O)c2c(C)cc(CNC(=O)CCCCCNc3cccc4c3C(=O)N(C3CCC(=O)NC3=O)C4=O)cc2C)C(C)C1. The third-order valence-electron chi connectivity index (χ3n) is 12.5. The van der Waals surface area contributed by atoms with Crippen LogP contribution in [0, 0.1) is 25.5 Å². The fourth-order valence-electron chi connectivity index (χ4n) is 9.25. The molecule has 2 unspecified atom stereocenters. The van der Waals surface area contributed by atoms with Crippen molar-refractivity contribution in [1.29, 1.82) is 0 Å². The summed E-state index contributed by atoms with van der Waals surface area (Å²) in [6.45, 7) is 10.5. The first-order chi connectivity index (χ1) is 33.1. The number of aromatic nitrogens is 1. The highest BCUT2D eigenvalue weighted by Crippen LogP contribution is 2.39. The van der Waals surface area contributed by atoms with Crippen LogP contribution < -0.4 is 20.9 Å². The van der Waals surface area contributed by atoms with Crippen molar-refractivity contribution in [3.63, 3.8) is 0 Å². The van der Waals surface area contributed by atoms with Gasteiger partial charge in [-0.2, -0.15) is 0 Å². The van der Waals surface area contributed by atoms with Gasteiger partial charge in [-0.15, -0.1) is 0 Å². The van der Waals surface area contributed by atoms with Gasteiger partial charge in [0, 0.05) is 64.3 Å². The summed E-state index contributed by atoms with van der Waals surface area (Å²) in [7, 11) is 1.51. The van der Waals surface area contributed by atoms with Crippen molar-refractivity contribution >= 4 is 64.9 Å². The molecule has 0 spiro atoms. The number of amidine groups is 1. The monoisotopic (exact) mass is 945 g/mol. The van der Waals surface area contributed by atoms with E-state index in [4.69, 9.17) is 0 Å². The number of aromatic hydroxyl groups is 1. The number of unbranched alkanes of at least 4 members (excludes halogenated alkanes) is 2. The van der Waals surface area contributed by atoms with Crippen LogP contribution in [-0.4, -0.2) is 118 Å². The lowest BCUT2D eigenvalue weighted by Crippen LogP contribution is -2.55. The zero-order valence-electron chi connectivity index (χ0n) is 38.7. The number of hydrogen-bond acceptors (Lipinski definition) is 11. The van der Waals surface area contributed by atoms with E-state index >= 15 is 8.78 Å². The molecule has 0 aliphatic carbocycles. The molecular weight excluding hydrogens is 893 g/mol. The van der Waals surface area contributed by atoms with Crippen LogP contribution in [0.3, 0.4) is 0 Å². The molecule has 4 heterocycles. The molecule has 1 aromatic heterocycles. The molecule has 0 radical (unpaired) electrons. The number of rotatable bonds is 16. The predicted molar refractivity (Wildman–Crippen MR) is 253 cm³/mol. The summed E-state index contributed by atoms with van der Waals surface area (Å²) < 4.78 is 31.5. The summed E-state index contributed by atoms with van der Waals surface area (Å²) in [5.41, 5.74) is 2.24. The van der Waals surface area contributed by atoms with E-state index in [0.717, 1.165) is 22.6 Å². The highest BCUT2D eigenvalue weighted by atomic mass is 19.1. The van der Waals surface area contributed by atoms with Crippen LogP contribution in [0.1, 0.15) is 88.4 Å². The number of nitrogens with zero attached hydrogens (tertiary/aromatic N) is 6. The minimum atomic E-state index is -1.06. The van der Waals surface area contributed by atoms with E-state index in [1.807, 2.05) is 11.8 Å². The Kier molecular flexibility index (Phi) is 14.9. The molecule has 4 aromatic rings. The number of halogens is 2. The average Bonchev–Trinajstić information content (AvgIpc) is 3.57. The van der Waals surface area contributed by atoms with E-state index < -0.39 is 58.3 Å². The molecule has 7 amide bonds. The number of pyridine rings is 1. The first-order valence-corrected chi connectivity index (χ1v) is 22.6. The lowest BCUT2D eigenvalue weighted by Gasteiger charge is -2.41. The lowest BCUT2D eigenvalue weighted by atomic mass is 10.0. The van der Waals surface area contributed by atoms with Gasteiger partial charge in [0.05, 0.1) is 27.9 Å². The Labute approximate surface area is 397 Å². The van der Waals surface area contributed by atoms with E-state index in [0.29, 0.717) is 74.4 Å². The highest BCUT2D eigenvalue weighted by Gasteiger charge is 2.45. The number of hydrogen-bond donors (Lipinski definition) is 4. The van der Waals surface area contributed by atoms with E-state index in [1.165, 1.54) is 36.2 Å². The lowest BCUT2D eigenvalue weighted by molar-refractivity contribution is -0.136. The van der Waals surface area contributed by atoms with Crippen LogP contribution in [0.25, 0.3) is 11.3 Å². The molecule has 19 heteroatoms. The number of benzene rings is 3. The number of fused-ring (bicyclic) bond motifs is 1. The van der Waals surface area contributed by atoms with Crippen molar-refractivity contribution in [2.45, 2.75) is 77.9 Å². The molecule has 0 saturated carbocycles. The van der Waals surface area contributed by atoms with Crippen LogP contribution in [0.15, 0.2) is 72.2 Å². The van der Waals surface area contributed by atoms with Crippen LogP contribution in [0.4, 0.5) is 26.0 Å². The summed E-state index contributed by atoms with van der Waals surface area (Å²) in [5.74, 6) is -5.01. The second-order valence-electron chi connectivity index (χ2n) is 17.1. The molecule has 69 heavy (non-hydrogen) atoms. The molecule has 7 rings (SSSR count). The minimum absolute atomic E-state index is 0.0240. The van der Waals surface area contributed by atoms with Crippen molar-refractivity contribution in [3.05, 3.63) is 112 Å². The summed E-state index contributed by atoms with van der Waals surface area (Å²) in [6.07, 6.45) is 3.96. The van der Waals surface area contributed by atoms with Crippen molar-refractivity contribution in [3.8, 4) is 17.0 Å². The summed E-state index contributed by atoms with van der Waals surface area (Å²) in [6, 6.07) is 11.7. The second kappa shape index (κ2) is 21.0. The molecule has 2 fully saturated rings. The van der Waals surface area contributed by atoms with Gasteiger partial charge in [-0.25, -0.2) is 13.8 Å². The van der Waals surface area contributed by atoms with E-state index in [9.17, 15) is 38.7 Å². The van der Waals surface area contributed by atoms with Crippen molar-refractivity contribution in [2.75, 3.05) is 43.4 Å². The quantitative estimate of drug-likeness (QED) is 0.0278. The molecule has 360 valence electrons. The third kappa shape index (κ3) is 10.1. The Morgan fingerprint density at radius 3 is 2.39 bits per heavy atom. The van der Waals surface area contributed by atoms with Gasteiger partial charge in [0.2, 0.25) is 30.0 Å². The summed E-state index contributed by atoms with van der Waals surface area (Å²) >= 11 is 0. The number of nitrogens with one attached hydrogen (secondary N) is 3. The normalized spacial score (nSPS) is 17.1. The van der Waals surface area contributed by atoms with Gasteiger partial charge >= 0.3 is 0 Å². The smallest absolute Gasteiger partial charge is 0.264 e. The number of anilines is 3. The van der Waals surface area contributed by atoms with Gasteiger partial charge in [-0.05, 0) is 93.1 Å². The largest absolute Gasteiger partial charge is 0.507 e. The Bertz CT molecular complexity index is 2750. The molecule has 17 nitrogen and oxygen atoms in total. The highest BCUT2D eigenvalue weighted by molar-refractivity contribution is 6.25. The fourth-order valence-corrected chi connectivity index (χ4v) is 9.25. The second-order valence-corrected chi connectivity index (χ2v) is 17.1. The summed E-state index contributed by atoms with van der Waals surface area (Å²) in [4.78, 5) is 104. The van der Waals surface area contributed by atoms with Gasteiger partial charge in [0.25, 0.3) is 11.8 Å². The zero-order chi connectivity index (χ0) is 49.7. The van der Waals surface area contributed by atoms with Crippen molar-refractivity contribution in [2.24, 2.45) is 4.99 Å². The molecule has 3 aliphatic heterocycles. The molecule has 4 N–H and O–H groups in total. The standard InChI is InChI=1S/C50H53F2N9O8/c1-6-41(66)58-20-21-59(30(4)26-58)46(53-5)33-24-35(52)44(43-34(51)13-11-15-38(43)63)57-47(33)60(27-62)45-28(2)22-31(23-29(45)3)25-55-39(64)16-8-7-9-19-54-36-14-10-12-32-42(36)50(69)61(49(32)68)37-17-18-40(65)56-48(37)67/h6,10-15,22-24,27,30,37,54,63H,1,7-9,16-21,25-26H2,2-5H3,(H,55,64)(H,56,65,67). The van der Waals surface area contributed by atoms with Gasteiger partial charge in [-0.3, -0.25) is 53.7 Å². The van der Waals surface area contributed by atoms with Gasteiger partial charge < -0.3 is 25.5 Å². The van der Waals surface area contributed by atoms with E-state index in [2.05, 4.69) is 32.5 Å². The molecule has 3 aromatic carbocycles. The first-order valence-electron chi connectivity index (χ1n) is 22.6. The molecule has 0 bridgehead atoms. The third-order valence-corrected chi connectivity index (χ3v) is 12.5. The number of aryl methyl sites for hydroxylation is 2. The molecule has 3 aliphatic rings. The van der Waals surface area contributed by atoms with Crippen LogP contribution in [0.2, 0.25) is 0 Å². The summed E-state index contributed by atoms with van der Waals surface area (Å²) in [5, 5.41) is 19.0. The van der Waals surface area contributed by atoms with Crippen LogP contribution in [0.5, 0.6) is 5.75 Å². The van der Waals surface area contributed by atoms with E-state index in [-0.39, 0.29) is 72.0 Å². The number of phenolic OH excluding ortho intramolecular Hbond substituents is 1. The number of piperazine rings is 1. The predicted octanol–water partition coefficient (Wildman–Crippen LogP) is 5.43. The zero-order valence-corrected chi connectivity index (χ0v) is 38.7. The first kappa shape index (κ1) is 49.1. The average molecular weight is 946 g/mol. The van der Waals surface area contributed by atoms with Gasteiger partial charge in [-0.1, -0.05) is 37.3 Å².